The summed E-state index contributed by atoms with van der Waals surface area (Å²) in [4.78, 5) is 115. The summed E-state index contributed by atoms with van der Waals surface area (Å²) in [6.45, 7) is 0. The maximum absolute atomic E-state index is 14.9. The molecule has 2 N–H and O–H groups in total. The summed E-state index contributed by atoms with van der Waals surface area (Å²) in [5.41, 5.74) is 1.56. The lowest BCUT2D eigenvalue weighted by Gasteiger charge is -2.27. The smallest absolute Gasteiger partial charge is 0.196 e. The Balaban J connectivity index is 1.04. The Kier molecular flexibility index (Phi) is 9.12. The zero-order valence-electron chi connectivity index (χ0n) is 34.4. The average molecular weight is 859 g/mol. The lowest BCUT2D eigenvalue weighted by Crippen LogP contribution is -2.26. The van der Waals surface area contributed by atoms with Gasteiger partial charge in [-0.05, 0) is 36.4 Å². The Morgan fingerprint density at radius 1 is 0.273 bits per heavy atom. The molecule has 0 bridgehead atoms. The van der Waals surface area contributed by atoms with Gasteiger partial charge >= 0.3 is 0 Å². The third-order valence-corrected chi connectivity index (χ3v) is 12.3. The highest BCUT2D eigenvalue weighted by Gasteiger charge is 2.39. The summed E-state index contributed by atoms with van der Waals surface area (Å²) < 4.78 is 0. The van der Waals surface area contributed by atoms with Crippen LogP contribution in [0.1, 0.15) is 127 Å². The minimum absolute atomic E-state index is 0.00526. The summed E-state index contributed by atoms with van der Waals surface area (Å²) in [5, 5.41) is 6.39. The third kappa shape index (κ3) is 5.96. The molecule has 0 saturated carbocycles. The van der Waals surface area contributed by atoms with Gasteiger partial charge < -0.3 is 10.6 Å². The van der Waals surface area contributed by atoms with Crippen LogP contribution in [0, 0.1) is 0 Å². The molecular formula is C56H30N2O8. The first-order valence-corrected chi connectivity index (χ1v) is 20.9. The number of carbonyl (C=O) groups is 8. The fraction of sp³-hybridized carbons (Fsp3) is 0. The molecule has 3 aliphatic carbocycles. The molecule has 10 nitrogen and oxygen atoms in total. The van der Waals surface area contributed by atoms with E-state index in [1.807, 2.05) is 0 Å². The highest BCUT2D eigenvalue weighted by atomic mass is 16.2. The molecule has 8 aromatic carbocycles. The van der Waals surface area contributed by atoms with Crippen LogP contribution >= 0.6 is 0 Å². The van der Waals surface area contributed by atoms with Crippen molar-refractivity contribution in [1.82, 2.24) is 0 Å². The van der Waals surface area contributed by atoms with Crippen LogP contribution in [0.15, 0.2) is 170 Å². The van der Waals surface area contributed by atoms with E-state index in [1.165, 1.54) is 36.4 Å². The van der Waals surface area contributed by atoms with Crippen LogP contribution in [0.3, 0.4) is 0 Å². The van der Waals surface area contributed by atoms with Crippen molar-refractivity contribution in [2.24, 2.45) is 0 Å². The second-order valence-corrected chi connectivity index (χ2v) is 16.0. The normalized spacial score (nSPS) is 13.2. The lowest BCUT2D eigenvalue weighted by molar-refractivity contribution is 0.0978. The maximum atomic E-state index is 14.9. The molecular weight excluding hydrogens is 829 g/mol. The van der Waals surface area contributed by atoms with Gasteiger partial charge in [0, 0.05) is 66.8 Å². The largest absolute Gasteiger partial charge is 0.354 e. The summed E-state index contributed by atoms with van der Waals surface area (Å²) in [6.07, 6.45) is 0. The fourth-order valence-corrected chi connectivity index (χ4v) is 9.22. The second kappa shape index (κ2) is 15.2. The van der Waals surface area contributed by atoms with Crippen LogP contribution in [-0.2, 0) is 0 Å². The van der Waals surface area contributed by atoms with Crippen molar-refractivity contribution in [3.63, 3.8) is 0 Å². The van der Waals surface area contributed by atoms with Gasteiger partial charge in [0.2, 0.25) is 0 Å². The molecule has 0 fully saturated rings. The second-order valence-electron chi connectivity index (χ2n) is 16.0. The molecule has 0 saturated heterocycles. The van der Waals surface area contributed by atoms with Crippen molar-refractivity contribution >= 4 is 69.0 Å². The third-order valence-electron chi connectivity index (χ3n) is 12.3. The molecule has 8 aromatic rings. The van der Waals surface area contributed by atoms with Crippen molar-refractivity contribution in [1.29, 1.82) is 0 Å². The van der Waals surface area contributed by atoms with Crippen LogP contribution < -0.4 is 10.6 Å². The van der Waals surface area contributed by atoms with Crippen LogP contribution in [-0.4, -0.2) is 46.3 Å². The Bertz CT molecular complexity index is 3340. The van der Waals surface area contributed by atoms with Crippen molar-refractivity contribution in [3.05, 3.63) is 259 Å². The van der Waals surface area contributed by atoms with E-state index in [2.05, 4.69) is 10.6 Å². The van der Waals surface area contributed by atoms with Crippen molar-refractivity contribution in [2.75, 3.05) is 10.6 Å². The van der Waals surface area contributed by atoms with E-state index in [4.69, 9.17) is 0 Å². The topological polar surface area (TPSA) is 161 Å². The first-order valence-electron chi connectivity index (χ1n) is 20.9. The van der Waals surface area contributed by atoms with E-state index >= 15 is 0 Å². The molecule has 312 valence electrons. The number of hydrogen-bond donors (Lipinski definition) is 2. The first kappa shape index (κ1) is 39.6. The summed E-state index contributed by atoms with van der Waals surface area (Å²) in [6, 6.07) is 44.7. The molecule has 0 spiro atoms. The molecule has 66 heavy (non-hydrogen) atoms. The van der Waals surface area contributed by atoms with E-state index in [0.29, 0.717) is 11.1 Å². The molecule has 0 unspecified atom stereocenters. The number of hydrogen-bond acceptors (Lipinski definition) is 10. The lowest BCUT2D eigenvalue weighted by atomic mass is 9.80. The van der Waals surface area contributed by atoms with E-state index in [-0.39, 0.29) is 101 Å². The number of rotatable bonds is 8. The Morgan fingerprint density at radius 3 is 0.955 bits per heavy atom. The SMILES string of the molecule is O=C(c1ccccc1)c1ccc2c(c1Nc1cccc3c1C(=O)c1cccc(Nc4c(C(=O)c5ccccc5)ccc5c4C(=O)c4ccccc4C5=O)c1C3=O)C(=O)c1ccccc1C2=O. The van der Waals surface area contributed by atoms with Gasteiger partial charge in [0.05, 0.1) is 45.0 Å². The van der Waals surface area contributed by atoms with Crippen molar-refractivity contribution in [3.8, 4) is 0 Å². The van der Waals surface area contributed by atoms with Gasteiger partial charge in [0.25, 0.3) is 0 Å². The Hall–Kier alpha value is -9.28. The molecule has 0 atom stereocenters. The van der Waals surface area contributed by atoms with Gasteiger partial charge in [-0.25, -0.2) is 0 Å². The predicted octanol–water partition coefficient (Wildman–Crippen LogP) is 9.96. The highest BCUT2D eigenvalue weighted by molar-refractivity contribution is 6.35. The van der Waals surface area contributed by atoms with Gasteiger partial charge in [0.1, 0.15) is 0 Å². The minimum atomic E-state index is -0.587. The van der Waals surface area contributed by atoms with Gasteiger partial charge in [-0.15, -0.1) is 0 Å². The quantitative estimate of drug-likeness (QED) is 0.141. The van der Waals surface area contributed by atoms with Gasteiger partial charge in [-0.1, -0.05) is 133 Å². The van der Waals surface area contributed by atoms with Crippen molar-refractivity contribution < 1.29 is 38.4 Å². The van der Waals surface area contributed by atoms with E-state index in [9.17, 15) is 38.4 Å². The molecule has 0 heterocycles. The highest BCUT2D eigenvalue weighted by Crippen LogP contribution is 2.43. The molecule has 0 amide bonds. The molecule has 0 radical (unpaired) electrons. The number of benzene rings is 8. The first-order chi connectivity index (χ1) is 32.1. The maximum Gasteiger partial charge on any atom is 0.196 e. The van der Waals surface area contributed by atoms with Crippen LogP contribution in [0.25, 0.3) is 0 Å². The monoisotopic (exact) mass is 858 g/mol. The summed E-state index contributed by atoms with van der Waals surface area (Å²) in [5.74, 6) is -3.92. The van der Waals surface area contributed by atoms with Crippen molar-refractivity contribution in [2.45, 2.75) is 0 Å². The average Bonchev–Trinajstić information content (AvgIpc) is 3.36. The van der Waals surface area contributed by atoms with E-state index in [1.54, 1.807) is 133 Å². The molecule has 0 aliphatic heterocycles. The zero-order chi connectivity index (χ0) is 45.4. The number of ketones is 8. The number of fused-ring (bicyclic) bond motifs is 6. The molecule has 3 aliphatic rings. The van der Waals surface area contributed by atoms with Crippen LogP contribution in [0.2, 0.25) is 0 Å². The number of carbonyl (C=O) groups excluding carboxylic acids is 8. The molecule has 0 aromatic heterocycles. The fourth-order valence-electron chi connectivity index (χ4n) is 9.22. The number of anilines is 4. The number of nitrogens with one attached hydrogen (secondary N) is 2. The van der Waals surface area contributed by atoms with Gasteiger partial charge in [-0.2, -0.15) is 0 Å². The Morgan fingerprint density at radius 2 is 0.576 bits per heavy atom. The van der Waals surface area contributed by atoms with Gasteiger partial charge in [0.15, 0.2) is 46.3 Å². The minimum Gasteiger partial charge on any atom is -0.354 e. The van der Waals surface area contributed by atoms with Crippen LogP contribution in [0.5, 0.6) is 0 Å². The summed E-state index contributed by atoms with van der Waals surface area (Å²) >= 11 is 0. The Labute approximate surface area is 375 Å². The molecule has 10 heteroatoms. The van der Waals surface area contributed by atoms with Crippen LogP contribution in [0.4, 0.5) is 22.7 Å². The predicted molar refractivity (Wildman–Crippen MR) is 246 cm³/mol. The molecule has 11 rings (SSSR count). The standard InChI is InChI=1S/C56H30N2O8/c59-49(29-13-3-1-4-14-29)39-27-25-37-45(53(63)33-19-9-7-17-31(33)51(37)61)47(39)57-41-23-11-21-35-43(41)55(65)36-22-12-24-42(44(36)56(35)66)58-48-40(50(60)30-15-5-2-6-16-30)28-26-38-46(48)54(64)34-20-10-8-18-32(34)52(38)62/h1-28,57-58H. The zero-order valence-corrected chi connectivity index (χ0v) is 34.4. The van der Waals surface area contributed by atoms with E-state index < -0.39 is 46.3 Å². The van der Waals surface area contributed by atoms with Gasteiger partial charge in [-0.3, -0.25) is 38.4 Å². The summed E-state index contributed by atoms with van der Waals surface area (Å²) in [7, 11) is 0. The van der Waals surface area contributed by atoms with E-state index in [0.717, 1.165) is 0 Å².